The second-order valence-corrected chi connectivity index (χ2v) is 7.38. The minimum absolute atomic E-state index is 0.266. The van der Waals surface area contributed by atoms with Crippen molar-refractivity contribution in [1.29, 1.82) is 0 Å². The number of ether oxygens (including phenoxy) is 1. The molecule has 0 bridgehead atoms. The van der Waals surface area contributed by atoms with Crippen LogP contribution in [0.4, 0.5) is 0 Å². The molecule has 1 nitrogen and oxygen atoms in total. The molecule has 0 unspecified atom stereocenters. The van der Waals surface area contributed by atoms with Gasteiger partial charge in [0.1, 0.15) is 5.75 Å². The predicted molar refractivity (Wildman–Crippen MR) is 85.8 cm³/mol. The number of hydrogen-bond donors (Lipinski definition) is 0. The maximum absolute atomic E-state index is 5.36. The number of methoxy groups -OCH3 is 1. The summed E-state index contributed by atoms with van der Waals surface area (Å²) in [7, 11) is 1.73. The van der Waals surface area contributed by atoms with Crippen molar-refractivity contribution in [2.75, 3.05) is 7.11 Å². The molecule has 0 heterocycles. The average Bonchev–Trinajstić information content (AvgIpc) is 2.42. The van der Waals surface area contributed by atoms with Gasteiger partial charge >= 0.3 is 0 Å². The Kier molecular flexibility index (Phi) is 2.86. The first-order valence-corrected chi connectivity index (χ1v) is 7.46. The fraction of sp³-hybridized carbons (Fsp3) is 0.474. The van der Waals surface area contributed by atoms with Gasteiger partial charge in [-0.05, 0) is 57.7 Å². The summed E-state index contributed by atoms with van der Waals surface area (Å²) in [6, 6.07) is 11.1. The quantitative estimate of drug-likeness (QED) is 0.691. The second kappa shape index (κ2) is 4.25. The van der Waals surface area contributed by atoms with E-state index in [0.29, 0.717) is 0 Å². The molecule has 0 aromatic heterocycles. The van der Waals surface area contributed by atoms with Gasteiger partial charge in [-0.2, -0.15) is 0 Å². The summed E-state index contributed by atoms with van der Waals surface area (Å²) in [5.41, 5.74) is 3.57. The molecule has 0 atom stereocenters. The van der Waals surface area contributed by atoms with Crippen LogP contribution in [0.3, 0.4) is 0 Å². The largest absolute Gasteiger partial charge is 0.497 e. The summed E-state index contributed by atoms with van der Waals surface area (Å²) >= 11 is 0. The van der Waals surface area contributed by atoms with Crippen LogP contribution in [0.5, 0.6) is 5.75 Å². The van der Waals surface area contributed by atoms with Gasteiger partial charge in [0.15, 0.2) is 0 Å². The minimum atomic E-state index is 0.266. The molecule has 0 saturated carbocycles. The van der Waals surface area contributed by atoms with E-state index in [0.717, 1.165) is 5.75 Å². The monoisotopic (exact) mass is 268 g/mol. The Balaban J connectivity index is 2.30. The van der Waals surface area contributed by atoms with Gasteiger partial charge < -0.3 is 4.74 Å². The highest BCUT2D eigenvalue weighted by molar-refractivity contribution is 5.86. The minimum Gasteiger partial charge on any atom is -0.497 e. The third kappa shape index (κ3) is 2.00. The lowest BCUT2D eigenvalue weighted by atomic mass is 9.63. The zero-order valence-corrected chi connectivity index (χ0v) is 13.2. The Hall–Kier alpha value is -1.50. The van der Waals surface area contributed by atoms with Crippen LogP contribution in [0.25, 0.3) is 10.8 Å². The summed E-state index contributed by atoms with van der Waals surface area (Å²) in [6.45, 7) is 9.48. The molecule has 1 aliphatic rings. The lowest BCUT2D eigenvalue weighted by molar-refractivity contribution is 0.332. The molecule has 20 heavy (non-hydrogen) atoms. The average molecular weight is 268 g/mol. The lowest BCUT2D eigenvalue weighted by Crippen LogP contribution is -2.33. The van der Waals surface area contributed by atoms with Gasteiger partial charge in [0, 0.05) is 0 Å². The molecule has 1 heteroatoms. The van der Waals surface area contributed by atoms with Crippen LogP contribution in [0.15, 0.2) is 30.3 Å². The Bertz CT molecular complexity index is 665. The number of rotatable bonds is 1. The number of benzene rings is 2. The fourth-order valence-electron chi connectivity index (χ4n) is 3.42. The van der Waals surface area contributed by atoms with E-state index < -0.39 is 0 Å². The highest BCUT2D eigenvalue weighted by Gasteiger charge is 2.37. The topological polar surface area (TPSA) is 9.23 Å². The van der Waals surface area contributed by atoms with Crippen LogP contribution in [0, 0.1) is 0 Å². The summed E-state index contributed by atoms with van der Waals surface area (Å²) in [5, 5.41) is 2.60. The van der Waals surface area contributed by atoms with Crippen molar-refractivity contribution in [3.63, 3.8) is 0 Å². The molecule has 0 amide bonds. The van der Waals surface area contributed by atoms with Crippen LogP contribution < -0.4 is 4.74 Å². The summed E-state index contributed by atoms with van der Waals surface area (Å²) < 4.78 is 5.36. The van der Waals surface area contributed by atoms with Gasteiger partial charge in [0.05, 0.1) is 7.11 Å². The maximum Gasteiger partial charge on any atom is 0.119 e. The van der Waals surface area contributed by atoms with E-state index in [1.54, 1.807) is 7.11 Å². The van der Waals surface area contributed by atoms with Crippen molar-refractivity contribution in [2.45, 2.75) is 51.4 Å². The number of fused-ring (bicyclic) bond motifs is 2. The smallest absolute Gasteiger partial charge is 0.119 e. The number of hydrogen-bond acceptors (Lipinski definition) is 1. The van der Waals surface area contributed by atoms with Crippen LogP contribution in [0.2, 0.25) is 0 Å². The normalized spacial score (nSPS) is 19.6. The summed E-state index contributed by atoms with van der Waals surface area (Å²) in [4.78, 5) is 0. The van der Waals surface area contributed by atoms with E-state index in [9.17, 15) is 0 Å². The molecule has 0 aliphatic heterocycles. The van der Waals surface area contributed by atoms with E-state index in [2.05, 4.69) is 58.0 Å². The third-order valence-corrected chi connectivity index (χ3v) is 5.02. The molecule has 3 rings (SSSR count). The predicted octanol–water partition coefficient (Wildman–Crippen LogP) is 5.20. The van der Waals surface area contributed by atoms with E-state index >= 15 is 0 Å². The van der Waals surface area contributed by atoms with Crippen molar-refractivity contribution in [2.24, 2.45) is 0 Å². The van der Waals surface area contributed by atoms with Gasteiger partial charge in [0.25, 0.3) is 0 Å². The molecule has 1 aliphatic carbocycles. The standard InChI is InChI=1S/C19H24O/c1-18(2)8-9-19(3,4)17-12-14-10-15(20-5)7-6-13(14)11-16(17)18/h6-7,10-12H,8-9H2,1-5H3. The fourth-order valence-corrected chi connectivity index (χ4v) is 3.42. The van der Waals surface area contributed by atoms with Gasteiger partial charge in [-0.1, -0.05) is 45.9 Å². The first-order chi connectivity index (χ1) is 9.33. The van der Waals surface area contributed by atoms with Crippen molar-refractivity contribution >= 4 is 10.8 Å². The third-order valence-electron chi connectivity index (χ3n) is 5.02. The van der Waals surface area contributed by atoms with Crippen LogP contribution in [-0.4, -0.2) is 7.11 Å². The van der Waals surface area contributed by atoms with Crippen LogP contribution in [0.1, 0.15) is 51.7 Å². The SMILES string of the molecule is COc1ccc2cc3c(cc2c1)C(C)(C)CCC3(C)C. The Labute approximate surface area is 122 Å². The van der Waals surface area contributed by atoms with E-state index in [1.165, 1.54) is 34.7 Å². The van der Waals surface area contributed by atoms with Crippen molar-refractivity contribution in [3.8, 4) is 5.75 Å². The van der Waals surface area contributed by atoms with Crippen molar-refractivity contribution < 1.29 is 4.74 Å². The van der Waals surface area contributed by atoms with Gasteiger partial charge in [-0.25, -0.2) is 0 Å². The lowest BCUT2D eigenvalue weighted by Gasteiger charge is -2.42. The highest BCUT2D eigenvalue weighted by Crippen LogP contribution is 2.47. The summed E-state index contributed by atoms with van der Waals surface area (Å²) in [5.74, 6) is 0.935. The van der Waals surface area contributed by atoms with Crippen molar-refractivity contribution in [3.05, 3.63) is 41.5 Å². The molecule has 0 radical (unpaired) electrons. The van der Waals surface area contributed by atoms with E-state index in [-0.39, 0.29) is 10.8 Å². The molecule has 0 fully saturated rings. The molecular weight excluding hydrogens is 244 g/mol. The Morgan fingerprint density at radius 1 is 0.800 bits per heavy atom. The molecule has 0 N–H and O–H groups in total. The van der Waals surface area contributed by atoms with Gasteiger partial charge in [-0.15, -0.1) is 0 Å². The second-order valence-electron chi connectivity index (χ2n) is 7.38. The zero-order chi connectivity index (χ0) is 14.5. The Morgan fingerprint density at radius 3 is 1.90 bits per heavy atom. The Morgan fingerprint density at radius 2 is 1.35 bits per heavy atom. The van der Waals surface area contributed by atoms with E-state index in [1.807, 2.05) is 0 Å². The van der Waals surface area contributed by atoms with Crippen LogP contribution in [-0.2, 0) is 10.8 Å². The molecule has 2 aromatic rings. The molecule has 2 aromatic carbocycles. The molecular formula is C19H24O. The summed E-state index contributed by atoms with van der Waals surface area (Å²) in [6.07, 6.45) is 2.51. The maximum atomic E-state index is 5.36. The highest BCUT2D eigenvalue weighted by atomic mass is 16.5. The molecule has 106 valence electrons. The van der Waals surface area contributed by atoms with Gasteiger partial charge in [0.2, 0.25) is 0 Å². The first kappa shape index (κ1) is 13.5. The first-order valence-electron chi connectivity index (χ1n) is 7.46. The van der Waals surface area contributed by atoms with Crippen molar-refractivity contribution in [1.82, 2.24) is 0 Å². The van der Waals surface area contributed by atoms with E-state index in [4.69, 9.17) is 4.74 Å². The molecule has 0 spiro atoms. The zero-order valence-electron chi connectivity index (χ0n) is 13.2. The van der Waals surface area contributed by atoms with Crippen LogP contribution >= 0.6 is 0 Å². The van der Waals surface area contributed by atoms with Gasteiger partial charge in [-0.3, -0.25) is 0 Å². The molecule has 0 saturated heterocycles.